The van der Waals surface area contributed by atoms with Gasteiger partial charge in [0.05, 0.1) is 22.6 Å². The van der Waals surface area contributed by atoms with Crippen molar-refractivity contribution in [2.24, 2.45) is 0 Å². The lowest BCUT2D eigenvalue weighted by Gasteiger charge is -2.26. The van der Waals surface area contributed by atoms with Gasteiger partial charge >= 0.3 is 0 Å². The molecule has 120 valence electrons. The molecule has 0 bridgehead atoms. The molecule has 0 saturated carbocycles. The summed E-state index contributed by atoms with van der Waals surface area (Å²) in [4.78, 5) is 18.5. The van der Waals surface area contributed by atoms with Crippen LogP contribution in [0.25, 0.3) is 0 Å². The molecule has 0 atom stereocenters. The first-order valence-corrected chi connectivity index (χ1v) is 8.36. The molecule has 1 N–H and O–H groups in total. The van der Waals surface area contributed by atoms with Crippen LogP contribution < -0.4 is 5.32 Å². The molecule has 1 fully saturated rings. The second-order valence-corrected chi connectivity index (χ2v) is 6.38. The normalized spacial score (nSPS) is 14.6. The second kappa shape index (κ2) is 7.20. The third kappa shape index (κ3) is 3.95. The van der Waals surface area contributed by atoms with Crippen LogP contribution in [0.15, 0.2) is 36.5 Å². The van der Waals surface area contributed by atoms with Crippen LogP contribution in [0, 0.1) is 0 Å². The molecule has 1 saturated heterocycles. The van der Waals surface area contributed by atoms with Gasteiger partial charge in [0.25, 0.3) is 5.91 Å². The molecule has 1 amide bonds. The number of anilines is 2. The molecule has 0 aliphatic carbocycles. The van der Waals surface area contributed by atoms with Gasteiger partial charge in [-0.25, -0.2) is 4.98 Å². The first-order chi connectivity index (χ1) is 11.1. The number of piperidine rings is 1. The number of benzene rings is 1. The molecule has 23 heavy (non-hydrogen) atoms. The number of likely N-dealkylation sites (tertiary alicyclic amines) is 1. The average molecular weight is 350 g/mol. The molecule has 1 aliphatic heterocycles. The summed E-state index contributed by atoms with van der Waals surface area (Å²) in [5.74, 6) is 0.000718. The lowest BCUT2D eigenvalue weighted by atomic mass is 10.1. The van der Waals surface area contributed by atoms with Crippen molar-refractivity contribution in [3.8, 4) is 0 Å². The fourth-order valence-electron chi connectivity index (χ4n) is 2.60. The number of nitrogens with one attached hydrogen (secondary N) is 1. The number of hydrogen-bond donors (Lipinski definition) is 1. The molecule has 1 aromatic carbocycles. The standard InChI is InChI=1S/C17H17Cl2N3O/c18-12-4-6-15(14(19)10-12)21-13-5-7-16(20-11-13)17(23)22-8-2-1-3-9-22/h4-7,10-11,21H,1-3,8-9H2. The highest BCUT2D eigenvalue weighted by atomic mass is 35.5. The number of hydrogen-bond acceptors (Lipinski definition) is 3. The molecule has 2 heterocycles. The zero-order chi connectivity index (χ0) is 16.2. The summed E-state index contributed by atoms with van der Waals surface area (Å²) >= 11 is 12.0. The van der Waals surface area contributed by atoms with Crippen LogP contribution in [0.2, 0.25) is 10.0 Å². The fraction of sp³-hybridized carbons (Fsp3) is 0.294. The van der Waals surface area contributed by atoms with Gasteiger partial charge in [-0.05, 0) is 49.6 Å². The zero-order valence-electron chi connectivity index (χ0n) is 12.6. The van der Waals surface area contributed by atoms with Crippen LogP contribution in [0.5, 0.6) is 0 Å². The molecular weight excluding hydrogens is 333 g/mol. The Morgan fingerprint density at radius 3 is 2.52 bits per heavy atom. The third-order valence-corrected chi connectivity index (χ3v) is 4.38. The predicted octanol–water partition coefficient (Wildman–Crippen LogP) is 4.76. The van der Waals surface area contributed by atoms with E-state index in [2.05, 4.69) is 10.3 Å². The van der Waals surface area contributed by atoms with Crippen LogP contribution in [0.4, 0.5) is 11.4 Å². The largest absolute Gasteiger partial charge is 0.353 e. The van der Waals surface area contributed by atoms with Gasteiger partial charge in [-0.15, -0.1) is 0 Å². The predicted molar refractivity (Wildman–Crippen MR) is 93.7 cm³/mol. The highest BCUT2D eigenvalue weighted by Gasteiger charge is 2.19. The highest BCUT2D eigenvalue weighted by molar-refractivity contribution is 6.36. The Bertz CT molecular complexity index is 697. The van der Waals surface area contributed by atoms with Gasteiger partial charge < -0.3 is 10.2 Å². The first kappa shape index (κ1) is 16.1. The van der Waals surface area contributed by atoms with Crippen LogP contribution in [0.1, 0.15) is 29.8 Å². The number of aromatic nitrogens is 1. The maximum atomic E-state index is 12.4. The van der Waals surface area contributed by atoms with Gasteiger partial charge in [0.15, 0.2) is 0 Å². The number of carbonyl (C=O) groups excluding carboxylic acids is 1. The summed E-state index contributed by atoms with van der Waals surface area (Å²) in [6.07, 6.45) is 4.98. The van der Waals surface area contributed by atoms with Gasteiger partial charge in [0, 0.05) is 18.1 Å². The van der Waals surface area contributed by atoms with Crippen molar-refractivity contribution in [1.29, 1.82) is 0 Å². The Hall–Kier alpha value is -1.78. The Labute approximate surface area is 145 Å². The summed E-state index contributed by atoms with van der Waals surface area (Å²) in [6, 6.07) is 8.81. The smallest absolute Gasteiger partial charge is 0.272 e. The van der Waals surface area contributed by atoms with E-state index in [0.29, 0.717) is 15.7 Å². The van der Waals surface area contributed by atoms with Crippen LogP contribution in [0.3, 0.4) is 0 Å². The molecule has 0 spiro atoms. The maximum Gasteiger partial charge on any atom is 0.272 e. The van der Waals surface area contributed by atoms with Crippen molar-refractivity contribution in [3.63, 3.8) is 0 Å². The Morgan fingerprint density at radius 2 is 1.87 bits per heavy atom. The van der Waals surface area contributed by atoms with E-state index in [4.69, 9.17) is 23.2 Å². The van der Waals surface area contributed by atoms with Crippen molar-refractivity contribution in [1.82, 2.24) is 9.88 Å². The van der Waals surface area contributed by atoms with Gasteiger partial charge in [-0.3, -0.25) is 4.79 Å². The molecular formula is C17H17Cl2N3O. The number of nitrogens with zero attached hydrogens (tertiary/aromatic N) is 2. The van der Waals surface area contributed by atoms with Crippen LogP contribution in [-0.2, 0) is 0 Å². The van der Waals surface area contributed by atoms with E-state index in [1.54, 1.807) is 30.5 Å². The molecule has 1 aromatic heterocycles. The minimum absolute atomic E-state index is 0.000718. The van der Waals surface area contributed by atoms with Crippen molar-refractivity contribution >= 4 is 40.5 Å². The zero-order valence-corrected chi connectivity index (χ0v) is 14.1. The van der Waals surface area contributed by atoms with Crippen molar-refractivity contribution in [2.45, 2.75) is 19.3 Å². The number of amides is 1. The molecule has 1 aliphatic rings. The molecule has 4 nitrogen and oxygen atoms in total. The molecule has 3 rings (SSSR count). The number of rotatable bonds is 3. The SMILES string of the molecule is O=C(c1ccc(Nc2ccc(Cl)cc2Cl)cn1)N1CCCCC1. The maximum absolute atomic E-state index is 12.4. The van der Waals surface area contributed by atoms with E-state index < -0.39 is 0 Å². The van der Waals surface area contributed by atoms with Crippen molar-refractivity contribution < 1.29 is 4.79 Å². The van der Waals surface area contributed by atoms with E-state index in [1.807, 2.05) is 11.0 Å². The monoisotopic (exact) mass is 349 g/mol. The van der Waals surface area contributed by atoms with Crippen LogP contribution in [-0.4, -0.2) is 28.9 Å². The Kier molecular flexibility index (Phi) is 5.03. The summed E-state index contributed by atoms with van der Waals surface area (Å²) in [7, 11) is 0. The second-order valence-electron chi connectivity index (χ2n) is 5.53. The average Bonchev–Trinajstić information content (AvgIpc) is 2.58. The molecule has 0 radical (unpaired) electrons. The third-order valence-electron chi connectivity index (χ3n) is 3.84. The van der Waals surface area contributed by atoms with Gasteiger partial charge in [-0.1, -0.05) is 23.2 Å². The lowest BCUT2D eigenvalue weighted by Crippen LogP contribution is -2.36. The Balaban J connectivity index is 1.70. The minimum atomic E-state index is 0.000718. The molecule has 6 heteroatoms. The van der Waals surface area contributed by atoms with Gasteiger partial charge in [0.1, 0.15) is 5.69 Å². The summed E-state index contributed by atoms with van der Waals surface area (Å²) < 4.78 is 0. The van der Waals surface area contributed by atoms with Crippen molar-refractivity contribution in [2.75, 3.05) is 18.4 Å². The van der Waals surface area contributed by atoms with E-state index in [9.17, 15) is 4.79 Å². The first-order valence-electron chi connectivity index (χ1n) is 7.61. The highest BCUT2D eigenvalue weighted by Crippen LogP contribution is 2.28. The van der Waals surface area contributed by atoms with Crippen LogP contribution >= 0.6 is 23.2 Å². The quantitative estimate of drug-likeness (QED) is 0.868. The lowest BCUT2D eigenvalue weighted by molar-refractivity contribution is 0.0718. The van der Waals surface area contributed by atoms with E-state index >= 15 is 0 Å². The van der Waals surface area contributed by atoms with Gasteiger partial charge in [0.2, 0.25) is 0 Å². The fourth-order valence-corrected chi connectivity index (χ4v) is 3.06. The number of carbonyl (C=O) groups is 1. The molecule has 0 unspecified atom stereocenters. The van der Waals surface area contributed by atoms with E-state index in [0.717, 1.165) is 37.3 Å². The van der Waals surface area contributed by atoms with E-state index in [-0.39, 0.29) is 5.91 Å². The number of halogens is 2. The minimum Gasteiger partial charge on any atom is -0.353 e. The summed E-state index contributed by atoms with van der Waals surface area (Å²) in [5, 5.41) is 4.28. The van der Waals surface area contributed by atoms with Gasteiger partial charge in [-0.2, -0.15) is 0 Å². The van der Waals surface area contributed by atoms with Crippen molar-refractivity contribution in [3.05, 3.63) is 52.3 Å². The number of pyridine rings is 1. The Morgan fingerprint density at radius 1 is 1.09 bits per heavy atom. The topological polar surface area (TPSA) is 45.2 Å². The summed E-state index contributed by atoms with van der Waals surface area (Å²) in [5.41, 5.74) is 1.98. The van der Waals surface area contributed by atoms with E-state index in [1.165, 1.54) is 6.42 Å². The molecule has 2 aromatic rings. The summed E-state index contributed by atoms with van der Waals surface area (Å²) in [6.45, 7) is 1.64.